The largest absolute Gasteiger partial charge is 0.364 e. The Balaban J connectivity index is 2.62. The average molecular weight is 213 g/mol. The number of aromatic nitrogens is 1. The Hall–Kier alpha value is -2.36. The van der Waals surface area contributed by atoms with E-state index >= 15 is 0 Å². The maximum absolute atomic E-state index is 11.0. The first-order valence-electron chi connectivity index (χ1n) is 4.68. The van der Waals surface area contributed by atoms with Crippen molar-refractivity contribution in [2.45, 2.75) is 0 Å². The summed E-state index contributed by atoms with van der Waals surface area (Å²) in [5.41, 5.74) is 7.12. The van der Waals surface area contributed by atoms with Crippen LogP contribution in [-0.4, -0.2) is 17.2 Å². The number of nitrogens with one attached hydrogen (secondary N) is 1. The van der Waals surface area contributed by atoms with Crippen LogP contribution in [-0.2, 0) is 4.79 Å². The van der Waals surface area contributed by atoms with Crippen LogP contribution >= 0.6 is 0 Å². The van der Waals surface area contributed by atoms with Gasteiger partial charge in [-0.2, -0.15) is 0 Å². The van der Waals surface area contributed by atoms with E-state index in [0.717, 1.165) is 16.5 Å². The van der Waals surface area contributed by atoms with Crippen LogP contribution in [0.2, 0.25) is 0 Å². The van der Waals surface area contributed by atoms with Crippen LogP contribution in [0.25, 0.3) is 17.0 Å². The lowest BCUT2D eigenvalue weighted by molar-refractivity contribution is 0.0996. The van der Waals surface area contributed by atoms with Crippen LogP contribution in [0, 0.1) is 0 Å². The molecular formula is C12H9N2O2. The molecule has 4 heteroatoms. The van der Waals surface area contributed by atoms with Crippen molar-refractivity contribution in [2.24, 2.45) is 5.73 Å². The Bertz CT molecular complexity index is 582. The molecule has 3 N–H and O–H groups in total. The molecule has 4 nitrogen and oxygen atoms in total. The standard InChI is InChI=1S/C12H9N2O2/c13-12(16)10-7-9-4-1-3-8(5-2-6-15)11(9)14-10/h1-5,7,14H,(H2,13,16). The molecule has 0 atom stereocenters. The van der Waals surface area contributed by atoms with Gasteiger partial charge in [0.2, 0.25) is 6.29 Å². The minimum atomic E-state index is -0.506. The molecule has 1 heterocycles. The number of fused-ring (bicyclic) bond motifs is 1. The first-order valence-corrected chi connectivity index (χ1v) is 4.68. The van der Waals surface area contributed by atoms with Gasteiger partial charge >= 0.3 is 0 Å². The highest BCUT2D eigenvalue weighted by molar-refractivity contribution is 5.99. The van der Waals surface area contributed by atoms with E-state index in [4.69, 9.17) is 5.73 Å². The van der Waals surface area contributed by atoms with Crippen LogP contribution in [0.3, 0.4) is 0 Å². The number of allylic oxidation sites excluding steroid dienone is 1. The minimum Gasteiger partial charge on any atom is -0.364 e. The van der Waals surface area contributed by atoms with Gasteiger partial charge in [-0.25, -0.2) is 0 Å². The van der Waals surface area contributed by atoms with Gasteiger partial charge in [0, 0.05) is 5.39 Å². The van der Waals surface area contributed by atoms with Gasteiger partial charge in [0.15, 0.2) is 0 Å². The fourth-order valence-corrected chi connectivity index (χ4v) is 1.58. The number of carbonyl (C=O) groups is 1. The number of nitrogens with two attached hydrogens (primary N) is 1. The lowest BCUT2D eigenvalue weighted by Gasteiger charge is -1.95. The number of amides is 1. The van der Waals surface area contributed by atoms with Crippen molar-refractivity contribution in [1.82, 2.24) is 4.98 Å². The average Bonchev–Trinajstić information content (AvgIpc) is 2.70. The highest BCUT2D eigenvalue weighted by atomic mass is 16.1. The minimum absolute atomic E-state index is 0.353. The van der Waals surface area contributed by atoms with Crippen LogP contribution in [0.15, 0.2) is 30.3 Å². The highest BCUT2D eigenvalue weighted by Crippen LogP contribution is 2.20. The van der Waals surface area contributed by atoms with Crippen LogP contribution in [0.1, 0.15) is 16.1 Å². The fourth-order valence-electron chi connectivity index (χ4n) is 1.58. The van der Waals surface area contributed by atoms with Crippen molar-refractivity contribution < 1.29 is 9.59 Å². The van der Waals surface area contributed by atoms with Crippen molar-refractivity contribution in [2.75, 3.05) is 0 Å². The zero-order valence-corrected chi connectivity index (χ0v) is 8.36. The second-order valence-corrected chi connectivity index (χ2v) is 3.31. The molecule has 79 valence electrons. The maximum atomic E-state index is 11.0. The molecule has 1 amide bonds. The van der Waals surface area contributed by atoms with Gasteiger partial charge in [-0.15, -0.1) is 0 Å². The van der Waals surface area contributed by atoms with Crippen LogP contribution in [0.5, 0.6) is 0 Å². The van der Waals surface area contributed by atoms with E-state index in [1.54, 1.807) is 18.4 Å². The highest BCUT2D eigenvalue weighted by Gasteiger charge is 2.06. The summed E-state index contributed by atoms with van der Waals surface area (Å²) < 4.78 is 0. The van der Waals surface area contributed by atoms with Crippen LogP contribution in [0.4, 0.5) is 0 Å². The van der Waals surface area contributed by atoms with Gasteiger partial charge in [0.05, 0.1) is 5.52 Å². The Morgan fingerprint density at radius 3 is 2.94 bits per heavy atom. The number of aromatic amines is 1. The van der Waals surface area contributed by atoms with E-state index in [9.17, 15) is 9.59 Å². The molecule has 2 aromatic rings. The van der Waals surface area contributed by atoms with E-state index in [-0.39, 0.29) is 0 Å². The van der Waals surface area contributed by atoms with Crippen molar-refractivity contribution in [3.05, 3.63) is 41.6 Å². The molecule has 1 radical (unpaired) electrons. The third kappa shape index (κ3) is 1.72. The smallest absolute Gasteiger partial charge is 0.265 e. The number of primary amides is 1. The van der Waals surface area contributed by atoms with Crippen molar-refractivity contribution in [1.29, 1.82) is 0 Å². The zero-order valence-electron chi connectivity index (χ0n) is 8.36. The molecule has 0 saturated carbocycles. The number of hydrogen-bond acceptors (Lipinski definition) is 2. The van der Waals surface area contributed by atoms with Gasteiger partial charge in [-0.1, -0.05) is 18.2 Å². The van der Waals surface area contributed by atoms with Crippen molar-refractivity contribution >= 4 is 29.2 Å². The number of carbonyl (C=O) groups excluding carboxylic acids is 2. The molecular weight excluding hydrogens is 204 g/mol. The molecule has 1 aromatic carbocycles. The monoisotopic (exact) mass is 213 g/mol. The summed E-state index contributed by atoms with van der Waals surface area (Å²) in [7, 11) is 0. The van der Waals surface area contributed by atoms with E-state index in [0.29, 0.717) is 5.69 Å². The van der Waals surface area contributed by atoms with Gasteiger partial charge in [0.1, 0.15) is 5.69 Å². The van der Waals surface area contributed by atoms with E-state index in [1.807, 2.05) is 18.2 Å². The van der Waals surface area contributed by atoms with Gasteiger partial charge in [0.25, 0.3) is 5.91 Å². The van der Waals surface area contributed by atoms with Gasteiger partial charge in [-0.05, 0) is 23.8 Å². The molecule has 0 saturated heterocycles. The summed E-state index contributed by atoms with van der Waals surface area (Å²) in [5, 5.41) is 0.877. The summed E-state index contributed by atoms with van der Waals surface area (Å²) in [6.07, 6.45) is 4.57. The number of para-hydroxylation sites is 1. The maximum Gasteiger partial charge on any atom is 0.265 e. The molecule has 0 fully saturated rings. The predicted molar refractivity (Wildman–Crippen MR) is 61.5 cm³/mol. The molecule has 1 aromatic heterocycles. The summed E-state index contributed by atoms with van der Waals surface area (Å²) >= 11 is 0. The summed E-state index contributed by atoms with van der Waals surface area (Å²) in [6.45, 7) is 0. The molecule has 0 spiro atoms. The second kappa shape index (κ2) is 4.02. The number of H-pyrrole nitrogens is 1. The molecule has 0 aliphatic carbocycles. The Morgan fingerprint density at radius 1 is 1.44 bits per heavy atom. The molecule has 0 aliphatic heterocycles. The summed E-state index contributed by atoms with van der Waals surface area (Å²) in [6, 6.07) is 7.21. The molecule has 0 aliphatic rings. The van der Waals surface area contributed by atoms with Crippen molar-refractivity contribution in [3.8, 4) is 0 Å². The van der Waals surface area contributed by atoms with E-state index in [2.05, 4.69) is 4.98 Å². The number of benzene rings is 1. The normalized spacial score (nSPS) is 11.0. The lowest BCUT2D eigenvalue weighted by Crippen LogP contribution is -2.10. The lowest BCUT2D eigenvalue weighted by atomic mass is 10.1. The van der Waals surface area contributed by atoms with Gasteiger partial charge in [-0.3, -0.25) is 9.59 Å². The molecule has 0 bridgehead atoms. The van der Waals surface area contributed by atoms with Crippen LogP contribution < -0.4 is 5.73 Å². The van der Waals surface area contributed by atoms with E-state index < -0.39 is 5.91 Å². The Labute approximate surface area is 91.8 Å². The fraction of sp³-hybridized carbons (Fsp3) is 0. The summed E-state index contributed by atoms with van der Waals surface area (Å²) in [5.74, 6) is -0.506. The third-order valence-corrected chi connectivity index (χ3v) is 2.28. The first-order chi connectivity index (χ1) is 7.72. The topological polar surface area (TPSA) is 76.0 Å². The molecule has 2 rings (SSSR count). The third-order valence-electron chi connectivity index (χ3n) is 2.28. The number of rotatable bonds is 3. The zero-order chi connectivity index (χ0) is 11.5. The van der Waals surface area contributed by atoms with Gasteiger partial charge < -0.3 is 10.7 Å². The molecule has 0 unspecified atom stereocenters. The predicted octanol–water partition coefficient (Wildman–Crippen LogP) is 1.39. The second-order valence-electron chi connectivity index (χ2n) is 3.31. The molecule has 16 heavy (non-hydrogen) atoms. The van der Waals surface area contributed by atoms with Crippen molar-refractivity contribution in [3.63, 3.8) is 0 Å². The Kier molecular flexibility index (Phi) is 2.55. The summed E-state index contributed by atoms with van der Waals surface area (Å²) in [4.78, 5) is 24.1. The SMILES string of the molecule is NC(=O)c1cc2cccc(C=C[C]=O)c2[nH]1. The van der Waals surface area contributed by atoms with E-state index in [1.165, 1.54) is 6.08 Å². The quantitative estimate of drug-likeness (QED) is 0.756. The first kappa shape index (κ1) is 10.2. The number of hydrogen-bond donors (Lipinski definition) is 2. The Morgan fingerprint density at radius 2 is 2.25 bits per heavy atom.